The Morgan fingerprint density at radius 2 is 1.72 bits per heavy atom. The molecule has 0 saturated carbocycles. The Morgan fingerprint density at radius 1 is 1.04 bits per heavy atom. The first-order valence-corrected chi connectivity index (χ1v) is 9.00. The van der Waals surface area contributed by atoms with Gasteiger partial charge in [0.2, 0.25) is 6.29 Å². The van der Waals surface area contributed by atoms with Gasteiger partial charge < -0.3 is 14.2 Å². The normalized spacial score (nSPS) is 12.5. The Hall–Kier alpha value is -1.98. The summed E-state index contributed by atoms with van der Waals surface area (Å²) in [7, 11) is 1.52. The maximum absolute atomic E-state index is 12.0. The third-order valence-electron chi connectivity index (χ3n) is 3.35. The fourth-order valence-electron chi connectivity index (χ4n) is 2.17. The zero-order valence-electron chi connectivity index (χ0n) is 15.1. The van der Waals surface area contributed by atoms with Gasteiger partial charge in [0.05, 0.1) is 0 Å². The van der Waals surface area contributed by atoms with Gasteiger partial charge in [0.1, 0.15) is 5.75 Å². The van der Waals surface area contributed by atoms with Crippen molar-refractivity contribution >= 4 is 17.7 Å². The molecule has 134 valence electrons. The van der Waals surface area contributed by atoms with Crippen molar-refractivity contribution in [2.24, 2.45) is 5.41 Å². The van der Waals surface area contributed by atoms with Crippen LogP contribution in [0.1, 0.15) is 20.8 Å². The minimum absolute atomic E-state index is 0.151. The Labute approximate surface area is 153 Å². The van der Waals surface area contributed by atoms with Gasteiger partial charge >= 0.3 is 5.97 Å². The second kappa shape index (κ2) is 8.92. The quantitative estimate of drug-likeness (QED) is 0.325. The highest BCUT2D eigenvalue weighted by Gasteiger charge is 2.28. The van der Waals surface area contributed by atoms with Crippen molar-refractivity contribution in [3.05, 3.63) is 54.6 Å². The van der Waals surface area contributed by atoms with Crippen LogP contribution in [0.25, 0.3) is 0 Å². The van der Waals surface area contributed by atoms with E-state index in [-0.39, 0.29) is 12.0 Å². The predicted octanol–water partition coefficient (Wildman–Crippen LogP) is 3.86. The summed E-state index contributed by atoms with van der Waals surface area (Å²) in [5.74, 6) is 0.190. The topological polar surface area (TPSA) is 44.8 Å². The minimum atomic E-state index is -0.605. The van der Waals surface area contributed by atoms with E-state index in [1.807, 2.05) is 63.2 Å². The first-order valence-electron chi connectivity index (χ1n) is 8.10. The van der Waals surface area contributed by atoms with E-state index in [9.17, 15) is 4.79 Å². The molecule has 0 aliphatic carbocycles. The summed E-state index contributed by atoms with van der Waals surface area (Å²) in [6.45, 7) is 5.69. The number of esters is 1. The van der Waals surface area contributed by atoms with Gasteiger partial charge in [-0.15, -0.1) is 0 Å². The lowest BCUT2D eigenvalue weighted by Crippen LogP contribution is -2.34. The monoisotopic (exact) mass is 361 g/mol. The molecule has 25 heavy (non-hydrogen) atoms. The first kappa shape index (κ1) is 19.3. The summed E-state index contributed by atoms with van der Waals surface area (Å²) >= 11 is 1.09. The van der Waals surface area contributed by atoms with Crippen LogP contribution in [-0.2, 0) is 26.0 Å². The largest absolute Gasteiger partial charge is 0.482 e. The molecule has 0 aromatic heterocycles. The van der Waals surface area contributed by atoms with Gasteiger partial charge in [-0.2, -0.15) is 0 Å². The van der Waals surface area contributed by atoms with Crippen molar-refractivity contribution in [3.63, 3.8) is 0 Å². The Bertz CT molecular complexity index is 680. The van der Waals surface area contributed by atoms with Crippen molar-refractivity contribution in [1.29, 1.82) is 0 Å². The average Bonchev–Trinajstić information content (AvgIpc) is 2.58. The molecule has 2 rings (SSSR count). The SMILES string of the molecule is COC(OC(=O)COc1cccc([SH+]c2ccccc2)c1)C(C)(C)C. The Balaban J connectivity index is 1.90. The van der Waals surface area contributed by atoms with Crippen LogP contribution < -0.4 is 4.74 Å². The van der Waals surface area contributed by atoms with E-state index in [1.165, 1.54) is 12.0 Å². The van der Waals surface area contributed by atoms with Crippen LogP contribution >= 0.6 is 0 Å². The zero-order valence-corrected chi connectivity index (χ0v) is 16.0. The lowest BCUT2D eigenvalue weighted by atomic mass is 9.96. The van der Waals surface area contributed by atoms with Crippen molar-refractivity contribution in [1.82, 2.24) is 0 Å². The van der Waals surface area contributed by atoms with E-state index in [4.69, 9.17) is 14.2 Å². The van der Waals surface area contributed by atoms with Crippen LogP contribution in [0.3, 0.4) is 0 Å². The molecule has 0 amide bonds. The third kappa shape index (κ3) is 6.44. The van der Waals surface area contributed by atoms with Crippen molar-refractivity contribution in [3.8, 4) is 5.75 Å². The molecule has 0 bridgehead atoms. The highest BCUT2D eigenvalue weighted by atomic mass is 32.2. The number of carbonyl (C=O) groups excluding carboxylic acids is 1. The van der Waals surface area contributed by atoms with Gasteiger partial charge in [0, 0.05) is 30.4 Å². The molecule has 1 atom stereocenters. The predicted molar refractivity (Wildman–Crippen MR) is 100 cm³/mol. The van der Waals surface area contributed by atoms with Crippen LogP contribution in [0.2, 0.25) is 0 Å². The molecule has 5 heteroatoms. The number of thiol groups is 1. The Morgan fingerprint density at radius 3 is 2.36 bits per heavy atom. The number of rotatable bonds is 7. The van der Waals surface area contributed by atoms with E-state index in [0.29, 0.717) is 5.75 Å². The molecule has 0 heterocycles. The van der Waals surface area contributed by atoms with Crippen molar-refractivity contribution < 1.29 is 19.0 Å². The molecule has 0 fully saturated rings. The van der Waals surface area contributed by atoms with Gasteiger partial charge in [-0.05, 0) is 24.3 Å². The molecule has 2 aromatic carbocycles. The second-order valence-corrected chi connectivity index (χ2v) is 7.91. The summed E-state index contributed by atoms with van der Waals surface area (Å²) in [6, 6.07) is 17.9. The third-order valence-corrected chi connectivity index (χ3v) is 4.44. The molecule has 1 unspecified atom stereocenters. The van der Waals surface area contributed by atoms with Gasteiger partial charge in [0.25, 0.3) is 0 Å². The maximum atomic E-state index is 12.0. The molecule has 4 nitrogen and oxygen atoms in total. The van der Waals surface area contributed by atoms with Gasteiger partial charge in [0.15, 0.2) is 16.4 Å². The van der Waals surface area contributed by atoms with Gasteiger partial charge in [-0.3, -0.25) is 0 Å². The van der Waals surface area contributed by atoms with Crippen LogP contribution in [0.4, 0.5) is 0 Å². The smallest absolute Gasteiger partial charge is 0.346 e. The van der Waals surface area contributed by atoms with E-state index < -0.39 is 12.3 Å². The summed E-state index contributed by atoms with van der Waals surface area (Å²) in [6.07, 6.45) is -0.605. The highest BCUT2D eigenvalue weighted by molar-refractivity contribution is 7.78. The number of carbonyl (C=O) groups is 1. The number of hydrogen-bond acceptors (Lipinski definition) is 4. The molecular formula is C20H25O4S+. The molecular weight excluding hydrogens is 336 g/mol. The van der Waals surface area contributed by atoms with E-state index in [0.717, 1.165) is 16.7 Å². The van der Waals surface area contributed by atoms with E-state index in [2.05, 4.69) is 12.1 Å². The van der Waals surface area contributed by atoms with Crippen LogP contribution in [0.15, 0.2) is 64.4 Å². The lowest BCUT2D eigenvalue weighted by molar-refractivity contribution is -0.197. The van der Waals surface area contributed by atoms with Gasteiger partial charge in [-0.1, -0.05) is 45.0 Å². The lowest BCUT2D eigenvalue weighted by Gasteiger charge is -2.28. The molecule has 0 spiro atoms. The molecule has 0 aliphatic heterocycles. The standard InChI is InChI=1S/C20H24O4S/c1-20(2,3)19(22-4)24-18(21)14-23-15-9-8-12-17(13-15)25-16-10-6-5-7-11-16/h5-13,19H,14H2,1-4H3/p+1. The fraction of sp³-hybridized carbons (Fsp3) is 0.350. The molecule has 0 N–H and O–H groups in total. The van der Waals surface area contributed by atoms with Crippen LogP contribution in [0, 0.1) is 5.41 Å². The van der Waals surface area contributed by atoms with Gasteiger partial charge in [-0.25, -0.2) is 4.79 Å². The molecule has 0 radical (unpaired) electrons. The zero-order chi connectivity index (χ0) is 18.3. The fourth-order valence-corrected chi connectivity index (χ4v) is 3.14. The number of methoxy groups -OCH3 is 1. The maximum Gasteiger partial charge on any atom is 0.346 e. The molecule has 2 aromatic rings. The molecule has 0 saturated heterocycles. The minimum Gasteiger partial charge on any atom is -0.482 e. The Kier molecular flexibility index (Phi) is 6.91. The first-order chi connectivity index (χ1) is 11.9. The van der Waals surface area contributed by atoms with Crippen LogP contribution in [0.5, 0.6) is 5.75 Å². The summed E-state index contributed by atoms with van der Waals surface area (Å²) in [4.78, 5) is 14.3. The number of benzene rings is 2. The number of hydrogen-bond donors (Lipinski definition) is 0. The van der Waals surface area contributed by atoms with Crippen molar-refractivity contribution in [2.45, 2.75) is 36.9 Å². The van der Waals surface area contributed by atoms with Crippen LogP contribution in [-0.4, -0.2) is 26.0 Å². The number of ether oxygens (including phenoxy) is 3. The molecule has 0 aliphatic rings. The van der Waals surface area contributed by atoms with E-state index >= 15 is 0 Å². The van der Waals surface area contributed by atoms with E-state index in [1.54, 1.807) is 0 Å². The summed E-state index contributed by atoms with van der Waals surface area (Å²) < 4.78 is 16.1. The highest BCUT2D eigenvalue weighted by Crippen LogP contribution is 2.23. The average molecular weight is 361 g/mol. The van der Waals surface area contributed by atoms with Crippen molar-refractivity contribution in [2.75, 3.05) is 13.7 Å². The second-order valence-electron chi connectivity index (χ2n) is 6.66. The summed E-state index contributed by atoms with van der Waals surface area (Å²) in [5.41, 5.74) is -0.293. The summed E-state index contributed by atoms with van der Waals surface area (Å²) in [5, 5.41) is 0.